The Morgan fingerprint density at radius 2 is 1.65 bits per heavy atom. The first kappa shape index (κ1) is 30.5. The number of rotatable bonds is 9. The highest BCUT2D eigenvalue weighted by molar-refractivity contribution is 6.31. The topological polar surface area (TPSA) is 65.1 Å². The maximum atomic E-state index is 13.9. The highest BCUT2D eigenvalue weighted by atomic mass is 35.5. The normalized spacial score (nSPS) is 17.7. The van der Waals surface area contributed by atoms with E-state index in [1.54, 1.807) is 4.90 Å². The van der Waals surface area contributed by atoms with Crippen molar-refractivity contribution in [1.29, 1.82) is 0 Å². The van der Waals surface area contributed by atoms with E-state index in [2.05, 4.69) is 23.2 Å². The number of halogens is 2. The van der Waals surface area contributed by atoms with Crippen molar-refractivity contribution in [3.8, 4) is 5.75 Å². The summed E-state index contributed by atoms with van der Waals surface area (Å²) in [7, 11) is 4.06. The number of aryl methyl sites for hydroxylation is 1. The molecule has 40 heavy (non-hydrogen) atoms. The lowest BCUT2D eigenvalue weighted by molar-refractivity contribution is -0.134. The summed E-state index contributed by atoms with van der Waals surface area (Å²) in [6.07, 6.45) is 4.09. The van der Waals surface area contributed by atoms with Crippen LogP contribution in [0, 0.1) is 6.92 Å². The van der Waals surface area contributed by atoms with Crippen LogP contribution in [0.25, 0.3) is 0 Å². The molecule has 1 N–H and O–H groups in total. The number of hydrogen-bond donors (Lipinski definition) is 1. The second kappa shape index (κ2) is 13.9. The molecule has 2 saturated heterocycles. The van der Waals surface area contributed by atoms with Gasteiger partial charge in [-0.2, -0.15) is 0 Å². The fourth-order valence-corrected chi connectivity index (χ4v) is 6.20. The molecular formula is C31H42Cl2N4O3. The number of likely N-dealkylation sites (tertiary alicyclic amines) is 2. The molecule has 218 valence electrons. The highest BCUT2D eigenvalue weighted by Gasteiger charge is 2.32. The zero-order valence-corrected chi connectivity index (χ0v) is 25.6. The van der Waals surface area contributed by atoms with Crippen LogP contribution in [-0.2, 0) is 11.2 Å². The van der Waals surface area contributed by atoms with Gasteiger partial charge in [-0.25, -0.2) is 4.79 Å². The molecule has 2 atom stereocenters. The fraction of sp³-hybridized carbons (Fsp3) is 0.548. The van der Waals surface area contributed by atoms with Gasteiger partial charge < -0.3 is 24.8 Å². The summed E-state index contributed by atoms with van der Waals surface area (Å²) in [5.74, 6) is 1.05. The first-order valence-electron chi connectivity index (χ1n) is 14.3. The van der Waals surface area contributed by atoms with Crippen molar-refractivity contribution in [2.24, 2.45) is 0 Å². The molecule has 0 aliphatic carbocycles. The van der Waals surface area contributed by atoms with Gasteiger partial charge in [-0.1, -0.05) is 35.3 Å². The Morgan fingerprint density at radius 1 is 1.00 bits per heavy atom. The number of ether oxygens (including phenoxy) is 1. The lowest BCUT2D eigenvalue weighted by Crippen LogP contribution is -2.54. The van der Waals surface area contributed by atoms with E-state index >= 15 is 0 Å². The summed E-state index contributed by atoms with van der Waals surface area (Å²) in [6.45, 7) is 7.56. The monoisotopic (exact) mass is 588 g/mol. The number of carbonyl (C=O) groups excluding carboxylic acids is 2. The lowest BCUT2D eigenvalue weighted by atomic mass is 9.88. The zero-order chi connectivity index (χ0) is 28.8. The van der Waals surface area contributed by atoms with Crippen LogP contribution in [0.4, 0.5) is 4.79 Å². The van der Waals surface area contributed by atoms with Crippen LogP contribution >= 0.6 is 23.2 Å². The second-order valence-electron chi connectivity index (χ2n) is 11.4. The zero-order valence-electron chi connectivity index (χ0n) is 24.1. The number of carbonyl (C=O) groups is 2. The van der Waals surface area contributed by atoms with E-state index in [4.69, 9.17) is 27.9 Å². The van der Waals surface area contributed by atoms with Gasteiger partial charge in [0.25, 0.3) is 0 Å². The molecule has 7 nitrogen and oxygen atoms in total. The first-order chi connectivity index (χ1) is 19.1. The number of urea groups is 1. The predicted molar refractivity (Wildman–Crippen MR) is 162 cm³/mol. The Bertz CT molecular complexity index is 1180. The third kappa shape index (κ3) is 8.05. The standard InChI is InChI=1S/C31H42Cl2N4O3/c1-21-17-25(32)8-7-24(21)18-28(34-31(39)37-13-5-6-14-37)30(38)36-15-11-23(12-16-36)27-10-9-26(33)19-29(27)40-22(2)20-35(3)4/h7-10,17,19,22-23,28H,5-6,11-16,18,20H2,1-4H3,(H,34,39)/t22-,28+/m0/s1. The van der Waals surface area contributed by atoms with Gasteiger partial charge in [0.05, 0.1) is 0 Å². The molecule has 2 aromatic rings. The lowest BCUT2D eigenvalue weighted by Gasteiger charge is -2.36. The van der Waals surface area contributed by atoms with Gasteiger partial charge in [-0.3, -0.25) is 4.79 Å². The third-order valence-corrected chi connectivity index (χ3v) is 8.36. The molecule has 4 rings (SSSR count). The molecule has 0 bridgehead atoms. The van der Waals surface area contributed by atoms with Crippen molar-refractivity contribution in [3.05, 3.63) is 63.1 Å². The molecule has 2 aliphatic rings. The van der Waals surface area contributed by atoms with E-state index in [0.717, 1.165) is 67.8 Å². The van der Waals surface area contributed by atoms with Gasteiger partial charge in [-0.05, 0) is 100 Å². The van der Waals surface area contributed by atoms with Crippen molar-refractivity contribution in [1.82, 2.24) is 20.0 Å². The Kier molecular flexibility index (Phi) is 10.6. The molecule has 9 heteroatoms. The summed E-state index contributed by atoms with van der Waals surface area (Å²) >= 11 is 12.5. The Hall–Kier alpha value is -2.48. The summed E-state index contributed by atoms with van der Waals surface area (Å²) in [5, 5.41) is 4.38. The van der Waals surface area contributed by atoms with Crippen molar-refractivity contribution < 1.29 is 14.3 Å². The Balaban J connectivity index is 1.45. The molecule has 2 heterocycles. The number of benzene rings is 2. The number of amides is 3. The molecule has 3 amide bonds. The number of hydrogen-bond acceptors (Lipinski definition) is 4. The number of likely N-dealkylation sites (N-methyl/N-ethyl adjacent to an activating group) is 1. The SMILES string of the molecule is Cc1cc(Cl)ccc1C[C@@H](NC(=O)N1CCCC1)C(=O)N1CCC(c2ccc(Cl)cc2O[C@@H](C)CN(C)C)CC1. The molecule has 2 fully saturated rings. The largest absolute Gasteiger partial charge is 0.489 e. The van der Waals surface area contributed by atoms with E-state index in [1.165, 1.54) is 0 Å². The molecule has 0 unspecified atom stereocenters. The first-order valence-corrected chi connectivity index (χ1v) is 15.1. The van der Waals surface area contributed by atoms with Gasteiger partial charge >= 0.3 is 6.03 Å². The predicted octanol–water partition coefficient (Wildman–Crippen LogP) is 5.75. The maximum absolute atomic E-state index is 13.9. The minimum Gasteiger partial charge on any atom is -0.489 e. The fourth-order valence-electron chi connectivity index (χ4n) is 5.82. The molecular weight excluding hydrogens is 547 g/mol. The highest BCUT2D eigenvalue weighted by Crippen LogP contribution is 2.36. The van der Waals surface area contributed by atoms with Crippen molar-refractivity contribution in [2.45, 2.75) is 64.0 Å². The average Bonchev–Trinajstić information content (AvgIpc) is 3.44. The second-order valence-corrected chi connectivity index (χ2v) is 12.3. The van der Waals surface area contributed by atoms with Gasteiger partial charge in [0.1, 0.15) is 17.9 Å². The van der Waals surface area contributed by atoms with Crippen LogP contribution in [-0.4, -0.2) is 85.6 Å². The molecule has 2 aliphatic heterocycles. The average molecular weight is 590 g/mol. The minimum atomic E-state index is -0.633. The number of piperidine rings is 1. The van der Waals surface area contributed by atoms with Crippen LogP contribution < -0.4 is 10.1 Å². The summed E-state index contributed by atoms with van der Waals surface area (Å²) in [6, 6.07) is 10.8. The smallest absolute Gasteiger partial charge is 0.318 e. The van der Waals surface area contributed by atoms with E-state index in [-0.39, 0.29) is 24.0 Å². The molecule has 0 radical (unpaired) electrons. The summed E-state index contributed by atoms with van der Waals surface area (Å²) in [5.41, 5.74) is 3.16. The van der Waals surface area contributed by atoms with Crippen LogP contribution in [0.15, 0.2) is 36.4 Å². The number of nitrogens with zero attached hydrogens (tertiary/aromatic N) is 3. The minimum absolute atomic E-state index is 0.0187. The molecule has 0 aromatic heterocycles. The van der Waals surface area contributed by atoms with E-state index in [0.29, 0.717) is 29.6 Å². The van der Waals surface area contributed by atoms with E-state index < -0.39 is 6.04 Å². The molecule has 0 saturated carbocycles. The van der Waals surface area contributed by atoms with Gasteiger partial charge in [-0.15, -0.1) is 0 Å². The number of nitrogens with one attached hydrogen (secondary N) is 1. The van der Waals surface area contributed by atoms with Crippen LogP contribution in [0.1, 0.15) is 55.2 Å². The van der Waals surface area contributed by atoms with E-state index in [1.807, 2.05) is 56.3 Å². The van der Waals surface area contributed by atoms with Gasteiger partial charge in [0.15, 0.2) is 0 Å². The van der Waals surface area contributed by atoms with Crippen molar-refractivity contribution in [3.63, 3.8) is 0 Å². The summed E-state index contributed by atoms with van der Waals surface area (Å²) < 4.78 is 6.31. The quantitative estimate of drug-likeness (QED) is 0.405. The Labute approximate surface area is 248 Å². The van der Waals surface area contributed by atoms with Gasteiger partial charge in [0.2, 0.25) is 5.91 Å². The van der Waals surface area contributed by atoms with Crippen molar-refractivity contribution in [2.75, 3.05) is 46.8 Å². The maximum Gasteiger partial charge on any atom is 0.318 e. The van der Waals surface area contributed by atoms with Crippen molar-refractivity contribution >= 4 is 35.1 Å². The van der Waals surface area contributed by atoms with Crippen LogP contribution in [0.2, 0.25) is 10.0 Å². The van der Waals surface area contributed by atoms with Gasteiger partial charge in [0, 0.05) is 49.2 Å². The van der Waals surface area contributed by atoms with Crippen LogP contribution in [0.5, 0.6) is 5.75 Å². The summed E-state index contributed by atoms with van der Waals surface area (Å²) in [4.78, 5) is 32.7. The Morgan fingerprint density at radius 3 is 2.30 bits per heavy atom. The third-order valence-electron chi connectivity index (χ3n) is 7.89. The molecule has 2 aromatic carbocycles. The van der Waals surface area contributed by atoms with E-state index in [9.17, 15) is 9.59 Å². The molecule has 0 spiro atoms. The van der Waals surface area contributed by atoms with Crippen LogP contribution in [0.3, 0.4) is 0 Å².